The first-order valence-corrected chi connectivity index (χ1v) is 9.02. The van der Waals surface area contributed by atoms with Crippen molar-refractivity contribution in [3.05, 3.63) is 43.8 Å². The van der Waals surface area contributed by atoms with Gasteiger partial charge in [0.1, 0.15) is 0 Å². The molecule has 25 heavy (non-hydrogen) atoms. The summed E-state index contributed by atoms with van der Waals surface area (Å²) < 4.78 is 23.1. The summed E-state index contributed by atoms with van der Waals surface area (Å²) in [6, 6.07) is 5.66. The number of ether oxygens (including phenoxy) is 4. The van der Waals surface area contributed by atoms with Gasteiger partial charge in [-0.05, 0) is 73.2 Å². The van der Waals surface area contributed by atoms with Gasteiger partial charge in [0.15, 0.2) is 23.0 Å². The lowest BCUT2D eigenvalue weighted by molar-refractivity contribution is 0.278. The van der Waals surface area contributed by atoms with Gasteiger partial charge < -0.3 is 24.1 Å². The Hall–Kier alpha value is -1.44. The van der Waals surface area contributed by atoms with Crippen LogP contribution in [0.25, 0.3) is 0 Å². The minimum Gasteiger partial charge on any atom is -0.493 e. The lowest BCUT2D eigenvalue weighted by atomic mass is 9.98. The molecule has 0 spiro atoms. The summed E-state index contributed by atoms with van der Waals surface area (Å²) in [7, 11) is 6.34. The number of hydrogen-bond acceptors (Lipinski definition) is 5. The smallest absolute Gasteiger partial charge is 0.175 e. The van der Waals surface area contributed by atoms with Crippen molar-refractivity contribution in [2.75, 3.05) is 28.4 Å². The maximum atomic E-state index is 9.77. The normalized spacial score (nSPS) is 10.5. The van der Waals surface area contributed by atoms with Crippen LogP contribution in [-0.4, -0.2) is 33.5 Å². The molecule has 0 amide bonds. The maximum absolute atomic E-state index is 9.77. The molecular weight excluding hydrogens is 456 g/mol. The zero-order valence-electron chi connectivity index (χ0n) is 14.5. The van der Waals surface area contributed by atoms with Crippen molar-refractivity contribution in [1.82, 2.24) is 0 Å². The number of aliphatic hydroxyl groups is 1. The fourth-order valence-corrected chi connectivity index (χ4v) is 4.05. The molecule has 0 aliphatic carbocycles. The van der Waals surface area contributed by atoms with E-state index in [0.717, 1.165) is 25.6 Å². The van der Waals surface area contributed by atoms with E-state index in [2.05, 4.69) is 31.9 Å². The molecule has 1 N–H and O–H groups in total. The first-order chi connectivity index (χ1) is 12.0. The highest BCUT2D eigenvalue weighted by Crippen LogP contribution is 2.42. The van der Waals surface area contributed by atoms with Crippen molar-refractivity contribution in [2.24, 2.45) is 0 Å². The van der Waals surface area contributed by atoms with Gasteiger partial charge >= 0.3 is 0 Å². The van der Waals surface area contributed by atoms with Crippen LogP contribution >= 0.6 is 31.9 Å². The molecule has 0 unspecified atom stereocenters. The zero-order valence-corrected chi connectivity index (χ0v) is 17.7. The van der Waals surface area contributed by atoms with Gasteiger partial charge in [0.25, 0.3) is 0 Å². The molecule has 0 saturated heterocycles. The Morgan fingerprint density at radius 3 is 1.96 bits per heavy atom. The molecule has 0 heterocycles. The molecule has 2 aromatic rings. The minimum absolute atomic E-state index is 0.108. The van der Waals surface area contributed by atoms with Crippen molar-refractivity contribution < 1.29 is 24.1 Å². The molecule has 0 saturated carbocycles. The van der Waals surface area contributed by atoms with Crippen LogP contribution in [0.1, 0.15) is 16.7 Å². The fraction of sp³-hybridized carbons (Fsp3) is 0.333. The van der Waals surface area contributed by atoms with Crippen LogP contribution < -0.4 is 18.9 Å². The van der Waals surface area contributed by atoms with Crippen molar-refractivity contribution >= 4 is 31.9 Å². The van der Waals surface area contributed by atoms with E-state index in [1.807, 2.05) is 12.1 Å². The van der Waals surface area contributed by atoms with Gasteiger partial charge in [-0.15, -0.1) is 0 Å². The van der Waals surface area contributed by atoms with E-state index in [1.165, 1.54) is 0 Å². The van der Waals surface area contributed by atoms with E-state index in [0.29, 0.717) is 29.4 Å². The van der Waals surface area contributed by atoms with Crippen molar-refractivity contribution in [2.45, 2.75) is 13.0 Å². The highest BCUT2D eigenvalue weighted by molar-refractivity contribution is 9.11. The number of benzene rings is 2. The summed E-state index contributed by atoms with van der Waals surface area (Å²) in [5.74, 6) is 2.43. The molecule has 0 atom stereocenters. The molecule has 136 valence electrons. The number of halogens is 2. The van der Waals surface area contributed by atoms with Gasteiger partial charge in [-0.25, -0.2) is 0 Å². The molecule has 0 radical (unpaired) electrons. The quantitative estimate of drug-likeness (QED) is 0.645. The van der Waals surface area contributed by atoms with Crippen LogP contribution in [0.3, 0.4) is 0 Å². The molecule has 0 aliphatic heterocycles. The standard InChI is InChI=1S/C18H20Br2O5/c1-22-14-7-10(6-13(19)17(14)24-3)5-12-11(9-21)8-15(23-2)18(25-4)16(12)20/h6-8,21H,5,9H2,1-4H3. The minimum atomic E-state index is -0.108. The molecule has 2 aromatic carbocycles. The average Bonchev–Trinajstić information content (AvgIpc) is 2.62. The van der Waals surface area contributed by atoms with Crippen LogP contribution in [0, 0.1) is 0 Å². The molecule has 0 bridgehead atoms. The van der Waals surface area contributed by atoms with E-state index >= 15 is 0 Å². The van der Waals surface area contributed by atoms with Gasteiger partial charge in [-0.2, -0.15) is 0 Å². The van der Waals surface area contributed by atoms with Crippen LogP contribution in [0.2, 0.25) is 0 Å². The van der Waals surface area contributed by atoms with E-state index < -0.39 is 0 Å². The van der Waals surface area contributed by atoms with Crippen molar-refractivity contribution in [3.63, 3.8) is 0 Å². The van der Waals surface area contributed by atoms with Gasteiger partial charge in [0.2, 0.25) is 0 Å². The second-order valence-corrected chi connectivity index (χ2v) is 6.86. The molecule has 2 rings (SSSR count). The van der Waals surface area contributed by atoms with Gasteiger partial charge in [0, 0.05) is 0 Å². The molecule has 0 aliphatic rings. The molecular formula is C18H20Br2O5. The van der Waals surface area contributed by atoms with E-state index in [4.69, 9.17) is 18.9 Å². The number of methoxy groups -OCH3 is 4. The van der Waals surface area contributed by atoms with Gasteiger partial charge in [-0.1, -0.05) is 0 Å². The van der Waals surface area contributed by atoms with Gasteiger partial charge in [0.05, 0.1) is 44.0 Å². The van der Waals surface area contributed by atoms with E-state index in [1.54, 1.807) is 34.5 Å². The summed E-state index contributed by atoms with van der Waals surface area (Å²) in [4.78, 5) is 0. The molecule has 0 aromatic heterocycles. The Morgan fingerprint density at radius 2 is 1.44 bits per heavy atom. The van der Waals surface area contributed by atoms with Crippen molar-refractivity contribution in [1.29, 1.82) is 0 Å². The largest absolute Gasteiger partial charge is 0.493 e. The number of rotatable bonds is 7. The summed E-state index contributed by atoms with van der Waals surface area (Å²) in [6.07, 6.45) is 0.565. The lowest BCUT2D eigenvalue weighted by Gasteiger charge is -2.18. The predicted molar refractivity (Wildman–Crippen MR) is 103 cm³/mol. The Labute approximate surface area is 164 Å². The van der Waals surface area contributed by atoms with Crippen molar-refractivity contribution in [3.8, 4) is 23.0 Å². The van der Waals surface area contributed by atoms with Crippen LogP contribution in [0.4, 0.5) is 0 Å². The Kier molecular flexibility index (Phi) is 6.98. The van der Waals surface area contributed by atoms with E-state index in [9.17, 15) is 5.11 Å². The Bertz CT molecular complexity index is 762. The summed E-state index contributed by atoms with van der Waals surface area (Å²) in [5.41, 5.74) is 2.67. The molecule has 7 heteroatoms. The second-order valence-electron chi connectivity index (χ2n) is 5.21. The first-order valence-electron chi connectivity index (χ1n) is 7.44. The Balaban J connectivity index is 2.55. The van der Waals surface area contributed by atoms with Crippen LogP contribution in [0.15, 0.2) is 27.1 Å². The highest BCUT2D eigenvalue weighted by atomic mass is 79.9. The molecule has 0 fully saturated rings. The third-order valence-corrected chi connectivity index (χ3v) is 5.28. The highest BCUT2D eigenvalue weighted by Gasteiger charge is 2.19. The summed E-state index contributed by atoms with van der Waals surface area (Å²) in [6.45, 7) is -0.108. The van der Waals surface area contributed by atoms with Crippen LogP contribution in [-0.2, 0) is 13.0 Å². The summed E-state index contributed by atoms with van der Waals surface area (Å²) in [5, 5.41) is 9.77. The topological polar surface area (TPSA) is 57.2 Å². The third kappa shape index (κ3) is 4.04. The van der Waals surface area contributed by atoms with Gasteiger partial charge in [-0.3, -0.25) is 0 Å². The monoisotopic (exact) mass is 474 g/mol. The number of aliphatic hydroxyl groups excluding tert-OH is 1. The molecule has 5 nitrogen and oxygen atoms in total. The summed E-state index contributed by atoms with van der Waals surface area (Å²) >= 11 is 7.09. The van der Waals surface area contributed by atoms with E-state index in [-0.39, 0.29) is 6.61 Å². The maximum Gasteiger partial charge on any atom is 0.175 e. The lowest BCUT2D eigenvalue weighted by Crippen LogP contribution is -2.03. The second kappa shape index (κ2) is 8.78. The predicted octanol–water partition coefficient (Wildman–Crippen LogP) is 4.33. The third-order valence-electron chi connectivity index (χ3n) is 3.85. The Morgan fingerprint density at radius 1 is 0.840 bits per heavy atom. The zero-order chi connectivity index (χ0) is 18.6. The van der Waals surface area contributed by atoms with Crippen LogP contribution in [0.5, 0.6) is 23.0 Å². The first kappa shape index (κ1) is 19.9. The fourth-order valence-electron chi connectivity index (χ4n) is 2.65. The SMILES string of the molecule is COc1cc(Cc2c(CO)cc(OC)c(OC)c2Br)cc(Br)c1OC. The number of hydrogen-bond donors (Lipinski definition) is 1. The average molecular weight is 476 g/mol.